The molecule has 2 aromatic carbocycles. The summed E-state index contributed by atoms with van der Waals surface area (Å²) in [5.74, 6) is -0.436. The Bertz CT molecular complexity index is 1370. The number of methoxy groups -OCH3 is 1. The topological polar surface area (TPSA) is 74.8 Å². The van der Waals surface area contributed by atoms with Crippen molar-refractivity contribution in [3.05, 3.63) is 72.4 Å². The van der Waals surface area contributed by atoms with Gasteiger partial charge in [0.25, 0.3) is 0 Å². The van der Waals surface area contributed by atoms with Crippen molar-refractivity contribution < 1.29 is 9.53 Å². The van der Waals surface area contributed by atoms with Gasteiger partial charge in [0.15, 0.2) is 0 Å². The van der Waals surface area contributed by atoms with Gasteiger partial charge in [-0.3, -0.25) is 0 Å². The number of esters is 1. The minimum Gasteiger partial charge on any atom is -0.465 e. The number of aryl methyl sites for hydroxylation is 1. The number of rotatable bonds is 3. The maximum absolute atomic E-state index is 12.6. The lowest BCUT2D eigenvalue weighted by molar-refractivity contribution is 0.0603. The third kappa shape index (κ3) is 2.75. The van der Waals surface area contributed by atoms with E-state index in [0.29, 0.717) is 33.2 Å². The number of nitrogens with zero attached hydrogens (tertiary/aromatic N) is 5. The number of carbonyl (C=O) groups excluding carboxylic acids is 1. The summed E-state index contributed by atoms with van der Waals surface area (Å²) in [6.45, 7) is 0. The Hall–Kier alpha value is -4.00. The van der Waals surface area contributed by atoms with Crippen LogP contribution in [0.4, 0.5) is 0 Å². The minimum absolute atomic E-state index is 0.416. The van der Waals surface area contributed by atoms with Gasteiger partial charge in [0, 0.05) is 18.6 Å². The highest BCUT2D eigenvalue weighted by atomic mass is 16.5. The standard InChI is InChI=1S/C22H17N5O2/c1-26-12-6-9-19(26)18-13-15(22(28)29-2)20-16(23-18)10-11-17-21(20)25-27(24-17)14-7-4-3-5-8-14/h3-13H,1-2H3. The number of aromatic nitrogens is 5. The smallest absolute Gasteiger partial charge is 0.338 e. The molecular formula is C22H17N5O2. The summed E-state index contributed by atoms with van der Waals surface area (Å²) in [5.41, 5.74) is 4.81. The average molecular weight is 383 g/mol. The fourth-order valence-electron chi connectivity index (χ4n) is 3.51. The second-order valence-corrected chi connectivity index (χ2v) is 6.70. The first kappa shape index (κ1) is 17.1. The van der Waals surface area contributed by atoms with E-state index >= 15 is 0 Å². The van der Waals surface area contributed by atoms with Gasteiger partial charge in [0.05, 0.1) is 35.3 Å². The predicted octanol–water partition coefficient (Wildman–Crippen LogP) is 3.76. The third-order valence-electron chi connectivity index (χ3n) is 4.92. The van der Waals surface area contributed by atoms with Gasteiger partial charge in [-0.2, -0.15) is 4.80 Å². The predicted molar refractivity (Wildman–Crippen MR) is 110 cm³/mol. The van der Waals surface area contributed by atoms with Crippen molar-refractivity contribution in [1.82, 2.24) is 24.5 Å². The molecule has 3 aromatic heterocycles. The third-order valence-corrected chi connectivity index (χ3v) is 4.92. The molecule has 0 fully saturated rings. The van der Waals surface area contributed by atoms with E-state index in [-0.39, 0.29) is 0 Å². The van der Waals surface area contributed by atoms with Crippen LogP contribution in [0.5, 0.6) is 0 Å². The first-order chi connectivity index (χ1) is 14.2. The highest BCUT2D eigenvalue weighted by molar-refractivity contribution is 6.14. The van der Waals surface area contributed by atoms with E-state index in [9.17, 15) is 4.79 Å². The second kappa shape index (κ2) is 6.56. The number of carbonyl (C=O) groups is 1. The molecule has 0 bridgehead atoms. The molecular weight excluding hydrogens is 366 g/mol. The highest BCUT2D eigenvalue weighted by Gasteiger charge is 2.20. The van der Waals surface area contributed by atoms with E-state index in [0.717, 1.165) is 11.4 Å². The number of pyridine rings is 1. The molecule has 0 aliphatic heterocycles. The maximum atomic E-state index is 12.6. The summed E-state index contributed by atoms with van der Waals surface area (Å²) < 4.78 is 7.02. The van der Waals surface area contributed by atoms with E-state index < -0.39 is 5.97 Å². The van der Waals surface area contributed by atoms with Crippen LogP contribution in [-0.2, 0) is 11.8 Å². The molecule has 0 amide bonds. The summed E-state index contributed by atoms with van der Waals surface area (Å²) in [4.78, 5) is 19.0. The first-order valence-corrected chi connectivity index (χ1v) is 9.12. The second-order valence-electron chi connectivity index (χ2n) is 6.70. The van der Waals surface area contributed by atoms with E-state index in [2.05, 4.69) is 10.2 Å². The van der Waals surface area contributed by atoms with E-state index in [4.69, 9.17) is 9.72 Å². The Morgan fingerprint density at radius 1 is 0.966 bits per heavy atom. The van der Waals surface area contributed by atoms with Crippen LogP contribution in [0.1, 0.15) is 10.4 Å². The molecule has 0 aliphatic carbocycles. The van der Waals surface area contributed by atoms with Crippen LogP contribution in [0.15, 0.2) is 66.9 Å². The molecule has 5 aromatic rings. The van der Waals surface area contributed by atoms with Crippen LogP contribution in [-0.4, -0.2) is 37.6 Å². The summed E-state index contributed by atoms with van der Waals surface area (Å²) in [7, 11) is 3.31. The van der Waals surface area contributed by atoms with Crippen molar-refractivity contribution >= 4 is 27.9 Å². The van der Waals surface area contributed by atoms with Gasteiger partial charge in [-0.15, -0.1) is 10.2 Å². The van der Waals surface area contributed by atoms with Crippen LogP contribution in [0.3, 0.4) is 0 Å². The molecule has 0 spiro atoms. The minimum atomic E-state index is -0.436. The molecule has 0 unspecified atom stereocenters. The summed E-state index contributed by atoms with van der Waals surface area (Å²) in [5, 5.41) is 9.85. The first-order valence-electron chi connectivity index (χ1n) is 9.12. The lowest BCUT2D eigenvalue weighted by Gasteiger charge is -2.09. The molecule has 142 valence electrons. The zero-order chi connectivity index (χ0) is 20.0. The van der Waals surface area contributed by atoms with Gasteiger partial charge in [0.1, 0.15) is 11.0 Å². The molecule has 0 N–H and O–H groups in total. The zero-order valence-electron chi connectivity index (χ0n) is 15.9. The molecule has 7 nitrogen and oxygen atoms in total. The molecule has 5 rings (SSSR count). The number of hydrogen-bond acceptors (Lipinski definition) is 5. The van der Waals surface area contributed by atoms with Crippen LogP contribution < -0.4 is 0 Å². The van der Waals surface area contributed by atoms with Gasteiger partial charge in [0.2, 0.25) is 0 Å². The molecule has 0 atom stereocenters. The molecule has 3 heterocycles. The van der Waals surface area contributed by atoms with Crippen molar-refractivity contribution in [2.45, 2.75) is 0 Å². The maximum Gasteiger partial charge on any atom is 0.338 e. The summed E-state index contributed by atoms with van der Waals surface area (Å²) in [6, 6.07) is 19.0. The summed E-state index contributed by atoms with van der Waals surface area (Å²) in [6.07, 6.45) is 1.94. The Labute approximate surface area is 166 Å². The molecule has 0 saturated carbocycles. The lowest BCUT2D eigenvalue weighted by atomic mass is 10.0. The van der Waals surface area contributed by atoms with Crippen molar-refractivity contribution in [2.24, 2.45) is 7.05 Å². The average Bonchev–Trinajstić information content (AvgIpc) is 3.39. The van der Waals surface area contributed by atoms with Crippen LogP contribution in [0.2, 0.25) is 0 Å². The fourth-order valence-corrected chi connectivity index (χ4v) is 3.51. The van der Waals surface area contributed by atoms with Crippen LogP contribution in [0, 0.1) is 0 Å². The van der Waals surface area contributed by atoms with Crippen molar-refractivity contribution in [3.63, 3.8) is 0 Å². The monoisotopic (exact) mass is 383 g/mol. The Kier molecular flexibility index (Phi) is 3.87. The fraction of sp³-hybridized carbons (Fsp3) is 0.0909. The SMILES string of the molecule is COC(=O)c1cc(-c2cccn2C)nc2ccc3nn(-c4ccccc4)nc3c12. The van der Waals surface area contributed by atoms with Crippen LogP contribution >= 0.6 is 0 Å². The van der Waals surface area contributed by atoms with E-state index in [1.165, 1.54) is 7.11 Å². The largest absolute Gasteiger partial charge is 0.465 e. The van der Waals surface area contributed by atoms with Crippen molar-refractivity contribution in [2.75, 3.05) is 7.11 Å². The number of para-hydroxylation sites is 1. The molecule has 7 heteroatoms. The quantitative estimate of drug-likeness (QED) is 0.444. The van der Waals surface area contributed by atoms with Gasteiger partial charge < -0.3 is 9.30 Å². The lowest BCUT2D eigenvalue weighted by Crippen LogP contribution is -2.05. The zero-order valence-corrected chi connectivity index (χ0v) is 15.9. The number of hydrogen-bond donors (Lipinski definition) is 0. The number of fused-ring (bicyclic) bond motifs is 3. The molecule has 29 heavy (non-hydrogen) atoms. The van der Waals surface area contributed by atoms with Gasteiger partial charge >= 0.3 is 5.97 Å². The highest BCUT2D eigenvalue weighted by Crippen LogP contribution is 2.30. The van der Waals surface area contributed by atoms with Crippen LogP contribution in [0.25, 0.3) is 39.0 Å². The van der Waals surface area contributed by atoms with Crippen molar-refractivity contribution in [3.8, 4) is 17.1 Å². The number of benzene rings is 2. The number of ether oxygens (including phenoxy) is 1. The Balaban J connectivity index is 1.82. The van der Waals surface area contributed by atoms with E-state index in [1.807, 2.05) is 72.4 Å². The van der Waals surface area contributed by atoms with E-state index in [1.54, 1.807) is 10.9 Å². The Morgan fingerprint density at radius 3 is 2.48 bits per heavy atom. The van der Waals surface area contributed by atoms with Gasteiger partial charge in [-0.25, -0.2) is 9.78 Å². The summed E-state index contributed by atoms with van der Waals surface area (Å²) >= 11 is 0. The molecule has 0 radical (unpaired) electrons. The van der Waals surface area contributed by atoms with Crippen molar-refractivity contribution in [1.29, 1.82) is 0 Å². The van der Waals surface area contributed by atoms with Gasteiger partial charge in [-0.1, -0.05) is 18.2 Å². The molecule has 0 aliphatic rings. The normalized spacial score (nSPS) is 11.2. The Morgan fingerprint density at radius 2 is 1.76 bits per heavy atom. The molecule has 0 saturated heterocycles. The van der Waals surface area contributed by atoms with Gasteiger partial charge in [-0.05, 0) is 42.5 Å².